The van der Waals surface area contributed by atoms with Gasteiger partial charge in [-0.3, -0.25) is 14.5 Å². The van der Waals surface area contributed by atoms with E-state index in [1.54, 1.807) is 18.9 Å². The molecule has 7 heteroatoms. The van der Waals surface area contributed by atoms with Gasteiger partial charge in [0.1, 0.15) is 0 Å². The lowest BCUT2D eigenvalue weighted by Gasteiger charge is -2.38. The molecule has 3 aromatic rings. The molecule has 31 heavy (non-hydrogen) atoms. The van der Waals surface area contributed by atoms with Crippen molar-refractivity contribution in [2.75, 3.05) is 31.8 Å². The number of hydrogen-bond acceptors (Lipinski definition) is 5. The Kier molecular flexibility index (Phi) is 6.04. The zero-order chi connectivity index (χ0) is 22.0. The molecular formula is C24H27N3O4. The first-order chi connectivity index (χ1) is 15.1. The molecule has 0 N–H and O–H groups in total. The van der Waals surface area contributed by atoms with Gasteiger partial charge in [0.2, 0.25) is 11.9 Å². The molecular weight excluding hydrogens is 394 g/mol. The standard InChI is InChI=1S/C24H27N3O4/c1-4-31-23(29)20-21(17-11-6-5-10-16(17)2)27-19-13-8-7-12-18(19)25-24(27)26(22(20)28)14-9-15-30-3/h5-8,10-13,20-21H,4,9,14-15H2,1-3H3. The van der Waals surface area contributed by atoms with Gasteiger partial charge in [0.25, 0.3) is 0 Å². The van der Waals surface area contributed by atoms with E-state index in [0.29, 0.717) is 25.5 Å². The summed E-state index contributed by atoms with van der Waals surface area (Å²) in [6.45, 7) is 4.88. The third-order valence-corrected chi connectivity index (χ3v) is 5.72. The maximum Gasteiger partial charge on any atom is 0.321 e. The Morgan fingerprint density at radius 3 is 2.61 bits per heavy atom. The van der Waals surface area contributed by atoms with Crippen LogP contribution in [0.15, 0.2) is 48.5 Å². The van der Waals surface area contributed by atoms with Crippen LogP contribution in [-0.4, -0.2) is 48.3 Å². The fourth-order valence-electron chi connectivity index (χ4n) is 4.32. The molecule has 1 aliphatic heterocycles. The first kappa shape index (κ1) is 21.1. The minimum absolute atomic E-state index is 0.213. The quantitative estimate of drug-likeness (QED) is 0.332. The molecule has 2 unspecified atom stereocenters. The molecule has 0 saturated carbocycles. The summed E-state index contributed by atoms with van der Waals surface area (Å²) < 4.78 is 12.6. The number of amides is 1. The molecule has 0 aliphatic carbocycles. The Morgan fingerprint density at radius 2 is 1.87 bits per heavy atom. The van der Waals surface area contributed by atoms with Gasteiger partial charge in [0.15, 0.2) is 5.92 Å². The van der Waals surface area contributed by atoms with E-state index in [4.69, 9.17) is 14.5 Å². The number of esters is 1. The first-order valence-corrected chi connectivity index (χ1v) is 10.6. The minimum Gasteiger partial charge on any atom is -0.465 e. The van der Waals surface area contributed by atoms with Crippen LogP contribution < -0.4 is 4.90 Å². The highest BCUT2D eigenvalue weighted by Gasteiger charge is 2.48. The molecule has 0 spiro atoms. The van der Waals surface area contributed by atoms with Crippen molar-refractivity contribution in [1.29, 1.82) is 0 Å². The van der Waals surface area contributed by atoms with E-state index < -0.39 is 17.9 Å². The highest BCUT2D eigenvalue weighted by Crippen LogP contribution is 2.42. The molecule has 2 aromatic carbocycles. The highest BCUT2D eigenvalue weighted by atomic mass is 16.5. The zero-order valence-electron chi connectivity index (χ0n) is 18.1. The molecule has 7 nitrogen and oxygen atoms in total. The Hall–Kier alpha value is -3.19. The monoisotopic (exact) mass is 421 g/mol. The number of para-hydroxylation sites is 2. The van der Waals surface area contributed by atoms with Crippen LogP contribution in [0.5, 0.6) is 0 Å². The fourth-order valence-corrected chi connectivity index (χ4v) is 4.32. The van der Waals surface area contributed by atoms with E-state index in [1.807, 2.05) is 60.0 Å². The maximum absolute atomic E-state index is 13.7. The van der Waals surface area contributed by atoms with Crippen LogP contribution in [0.3, 0.4) is 0 Å². The van der Waals surface area contributed by atoms with Gasteiger partial charge in [0.05, 0.1) is 23.7 Å². The summed E-state index contributed by atoms with van der Waals surface area (Å²) in [4.78, 5) is 33.2. The van der Waals surface area contributed by atoms with Crippen molar-refractivity contribution in [3.05, 3.63) is 59.7 Å². The van der Waals surface area contributed by atoms with E-state index >= 15 is 0 Å². The average Bonchev–Trinajstić information content (AvgIpc) is 3.14. The van der Waals surface area contributed by atoms with Gasteiger partial charge >= 0.3 is 5.97 Å². The second-order valence-electron chi connectivity index (χ2n) is 7.64. The predicted octanol–water partition coefficient (Wildman–Crippen LogP) is 3.50. The summed E-state index contributed by atoms with van der Waals surface area (Å²) in [5.41, 5.74) is 3.58. The van der Waals surface area contributed by atoms with Crippen molar-refractivity contribution in [1.82, 2.24) is 9.55 Å². The minimum atomic E-state index is -0.992. The Morgan fingerprint density at radius 1 is 1.13 bits per heavy atom. The number of imidazole rings is 1. The Bertz CT molecular complexity index is 1110. The van der Waals surface area contributed by atoms with E-state index in [1.165, 1.54) is 0 Å². The van der Waals surface area contributed by atoms with Crippen molar-refractivity contribution >= 4 is 28.9 Å². The van der Waals surface area contributed by atoms with Gasteiger partial charge in [-0.15, -0.1) is 0 Å². The summed E-state index contributed by atoms with van der Waals surface area (Å²) in [5, 5.41) is 0. The van der Waals surface area contributed by atoms with Crippen LogP contribution in [0.25, 0.3) is 11.0 Å². The van der Waals surface area contributed by atoms with Gasteiger partial charge in [0, 0.05) is 20.3 Å². The second kappa shape index (κ2) is 8.89. The number of rotatable bonds is 7. The number of carbonyl (C=O) groups is 2. The zero-order valence-corrected chi connectivity index (χ0v) is 18.1. The van der Waals surface area contributed by atoms with Crippen LogP contribution in [0.2, 0.25) is 0 Å². The molecule has 0 radical (unpaired) electrons. The third kappa shape index (κ3) is 3.70. The largest absolute Gasteiger partial charge is 0.465 e. The number of ether oxygens (including phenoxy) is 2. The summed E-state index contributed by atoms with van der Waals surface area (Å²) in [6.07, 6.45) is 0.635. The number of anilines is 1. The highest BCUT2D eigenvalue weighted by molar-refractivity contribution is 6.08. The normalized spacial score (nSPS) is 18.3. The van der Waals surface area contributed by atoms with E-state index in [-0.39, 0.29) is 12.5 Å². The van der Waals surface area contributed by atoms with Crippen LogP contribution in [0, 0.1) is 12.8 Å². The van der Waals surface area contributed by atoms with Crippen molar-refractivity contribution in [3.8, 4) is 0 Å². The lowest BCUT2D eigenvalue weighted by molar-refractivity contribution is -0.153. The lowest BCUT2D eigenvalue weighted by Crippen LogP contribution is -2.50. The molecule has 4 rings (SSSR count). The number of nitrogens with zero attached hydrogens (tertiary/aromatic N) is 3. The molecule has 0 bridgehead atoms. The summed E-state index contributed by atoms with van der Waals surface area (Å²) >= 11 is 0. The number of aromatic nitrogens is 2. The van der Waals surface area contributed by atoms with Crippen molar-refractivity contribution < 1.29 is 19.1 Å². The molecule has 162 valence electrons. The Balaban J connectivity index is 1.96. The van der Waals surface area contributed by atoms with Crippen molar-refractivity contribution in [2.45, 2.75) is 26.3 Å². The number of carbonyl (C=O) groups excluding carboxylic acids is 2. The van der Waals surface area contributed by atoms with Crippen molar-refractivity contribution in [3.63, 3.8) is 0 Å². The lowest BCUT2D eigenvalue weighted by atomic mass is 9.87. The predicted molar refractivity (Wildman–Crippen MR) is 118 cm³/mol. The van der Waals surface area contributed by atoms with Crippen LogP contribution in [0.4, 0.5) is 5.95 Å². The molecule has 1 aliphatic rings. The number of benzene rings is 2. The van der Waals surface area contributed by atoms with E-state index in [2.05, 4.69) is 0 Å². The second-order valence-corrected chi connectivity index (χ2v) is 7.64. The molecule has 1 aromatic heterocycles. The van der Waals surface area contributed by atoms with E-state index in [0.717, 1.165) is 22.2 Å². The molecule has 2 heterocycles. The summed E-state index contributed by atoms with van der Waals surface area (Å²) in [7, 11) is 1.63. The van der Waals surface area contributed by atoms with Gasteiger partial charge < -0.3 is 14.0 Å². The molecule has 1 amide bonds. The number of hydrogen-bond donors (Lipinski definition) is 0. The number of methoxy groups -OCH3 is 1. The van der Waals surface area contributed by atoms with Crippen LogP contribution in [-0.2, 0) is 19.1 Å². The maximum atomic E-state index is 13.7. The first-order valence-electron chi connectivity index (χ1n) is 10.6. The van der Waals surface area contributed by atoms with Crippen LogP contribution in [0.1, 0.15) is 30.5 Å². The third-order valence-electron chi connectivity index (χ3n) is 5.72. The average molecular weight is 421 g/mol. The summed E-state index contributed by atoms with van der Waals surface area (Å²) in [6, 6.07) is 15.1. The van der Waals surface area contributed by atoms with E-state index in [9.17, 15) is 9.59 Å². The number of fused-ring (bicyclic) bond motifs is 3. The molecule has 2 atom stereocenters. The SMILES string of the molecule is CCOC(=O)C1C(=O)N(CCCOC)c2nc3ccccc3n2C1c1ccccc1C. The topological polar surface area (TPSA) is 73.7 Å². The smallest absolute Gasteiger partial charge is 0.321 e. The summed E-state index contributed by atoms with van der Waals surface area (Å²) in [5.74, 6) is -1.24. The van der Waals surface area contributed by atoms with Crippen molar-refractivity contribution in [2.24, 2.45) is 5.92 Å². The Labute approximate surface area is 181 Å². The van der Waals surface area contributed by atoms with Gasteiger partial charge in [-0.2, -0.15) is 0 Å². The van der Waals surface area contributed by atoms with Crippen LogP contribution >= 0.6 is 0 Å². The fraction of sp³-hybridized carbons (Fsp3) is 0.375. The van der Waals surface area contributed by atoms with Gasteiger partial charge in [-0.1, -0.05) is 36.4 Å². The van der Waals surface area contributed by atoms with Gasteiger partial charge in [-0.05, 0) is 43.5 Å². The number of aryl methyl sites for hydroxylation is 1. The van der Waals surface area contributed by atoms with Gasteiger partial charge in [-0.25, -0.2) is 4.98 Å². The molecule has 0 saturated heterocycles. The molecule has 0 fully saturated rings.